The normalized spacial score (nSPS) is 12.7. The minimum absolute atomic E-state index is 0.000934. The zero-order chi connectivity index (χ0) is 29.0. The Labute approximate surface area is 255 Å². The lowest BCUT2D eigenvalue weighted by atomic mass is 9.98. The van der Waals surface area contributed by atoms with Crippen molar-refractivity contribution in [1.82, 2.24) is 10.6 Å². The first kappa shape index (κ1) is 30.6. The van der Waals surface area contributed by atoms with Crippen molar-refractivity contribution in [2.45, 2.75) is 63.3 Å². The minimum Gasteiger partial charge on any atom is -0.480 e. The van der Waals surface area contributed by atoms with Gasteiger partial charge < -0.3 is 20.5 Å². The smallest absolute Gasteiger partial charge is 0.407 e. The molecule has 7 nitrogen and oxygen atoms in total. The molecule has 3 aromatic carbocycles. The van der Waals surface area contributed by atoms with Gasteiger partial charge in [0, 0.05) is 22.5 Å². The van der Waals surface area contributed by atoms with Crippen LogP contribution in [0.15, 0.2) is 72.8 Å². The van der Waals surface area contributed by atoms with Gasteiger partial charge in [0.05, 0.1) is 0 Å². The molecular weight excluding hydrogens is 631 g/mol. The molecule has 0 bridgehead atoms. The molecule has 0 saturated heterocycles. The maximum absolute atomic E-state index is 12.3. The second-order valence-electron chi connectivity index (χ2n) is 10.4. The molecule has 2 amide bonds. The summed E-state index contributed by atoms with van der Waals surface area (Å²) in [4.78, 5) is 36.3. The molecule has 0 aliphatic heterocycles. The van der Waals surface area contributed by atoms with Crippen molar-refractivity contribution in [3.8, 4) is 11.1 Å². The fourth-order valence-corrected chi connectivity index (χ4v) is 5.64. The van der Waals surface area contributed by atoms with Gasteiger partial charge in [-0.3, -0.25) is 4.79 Å². The standard InChI is InChI=1S/C33H37IN2O5/c34-24-19-17-23(18-20-24)10-2-1-3-16-31(37)36-30(32(38)39)15-8-9-21-35-33(40)41-22-29-27-13-6-4-11-25(27)26-12-5-7-14-28(26)29/h4-7,11-14,17-20,29-30H,1-3,8-10,15-16,21-22H2,(H,35,40)(H,36,37)(H,38,39)/t30-/m0/s1. The van der Waals surface area contributed by atoms with E-state index in [9.17, 15) is 19.5 Å². The summed E-state index contributed by atoms with van der Waals surface area (Å²) in [5.74, 6) is -1.27. The Morgan fingerprint density at radius 3 is 2.15 bits per heavy atom. The molecule has 0 heterocycles. The summed E-state index contributed by atoms with van der Waals surface area (Å²) in [6.07, 6.45) is 4.88. The van der Waals surface area contributed by atoms with Crippen LogP contribution in [0.3, 0.4) is 0 Å². The molecule has 1 aliphatic carbocycles. The number of aliphatic carboxylic acids is 1. The van der Waals surface area contributed by atoms with Crippen LogP contribution in [0.4, 0.5) is 4.79 Å². The van der Waals surface area contributed by atoms with E-state index in [1.54, 1.807) is 0 Å². The van der Waals surface area contributed by atoms with Gasteiger partial charge in [0.2, 0.25) is 5.91 Å². The number of carboxylic acids is 1. The van der Waals surface area contributed by atoms with Gasteiger partial charge in [-0.05, 0) is 101 Å². The average molecular weight is 669 g/mol. The lowest BCUT2D eigenvalue weighted by Crippen LogP contribution is -2.40. The zero-order valence-corrected chi connectivity index (χ0v) is 25.3. The van der Waals surface area contributed by atoms with Crippen LogP contribution in [0, 0.1) is 3.57 Å². The highest BCUT2D eigenvalue weighted by Gasteiger charge is 2.29. The van der Waals surface area contributed by atoms with Crippen molar-refractivity contribution in [2.24, 2.45) is 0 Å². The molecule has 1 atom stereocenters. The molecule has 216 valence electrons. The highest BCUT2D eigenvalue weighted by Crippen LogP contribution is 2.44. The number of carboxylic acid groups (broad SMARTS) is 1. The molecule has 0 spiro atoms. The van der Waals surface area contributed by atoms with E-state index in [1.807, 2.05) is 24.3 Å². The maximum Gasteiger partial charge on any atom is 0.407 e. The number of hydrogen-bond acceptors (Lipinski definition) is 4. The van der Waals surface area contributed by atoms with E-state index in [2.05, 4.69) is 81.8 Å². The zero-order valence-electron chi connectivity index (χ0n) is 23.1. The van der Waals surface area contributed by atoms with E-state index in [-0.39, 0.29) is 18.4 Å². The summed E-state index contributed by atoms with van der Waals surface area (Å²) in [6.45, 7) is 0.621. The molecule has 0 radical (unpaired) electrons. The predicted octanol–water partition coefficient (Wildman–Crippen LogP) is 6.67. The van der Waals surface area contributed by atoms with Crippen LogP contribution in [0.1, 0.15) is 67.6 Å². The summed E-state index contributed by atoms with van der Waals surface area (Å²) >= 11 is 2.28. The predicted molar refractivity (Wildman–Crippen MR) is 168 cm³/mol. The number of nitrogens with one attached hydrogen (secondary N) is 2. The fraction of sp³-hybridized carbons (Fsp3) is 0.364. The van der Waals surface area contributed by atoms with E-state index in [1.165, 1.54) is 20.3 Å². The molecule has 0 aromatic heterocycles. The van der Waals surface area contributed by atoms with Crippen LogP contribution >= 0.6 is 22.6 Å². The fourth-order valence-electron chi connectivity index (χ4n) is 5.28. The monoisotopic (exact) mass is 668 g/mol. The summed E-state index contributed by atoms with van der Waals surface area (Å²) in [7, 11) is 0. The topological polar surface area (TPSA) is 105 Å². The van der Waals surface area contributed by atoms with Gasteiger partial charge >= 0.3 is 12.1 Å². The van der Waals surface area contributed by atoms with Gasteiger partial charge in [-0.1, -0.05) is 67.1 Å². The number of benzene rings is 3. The highest BCUT2D eigenvalue weighted by atomic mass is 127. The van der Waals surface area contributed by atoms with Gasteiger partial charge in [0.1, 0.15) is 12.6 Å². The van der Waals surface area contributed by atoms with Gasteiger partial charge in [-0.25, -0.2) is 9.59 Å². The number of carbonyl (C=O) groups excluding carboxylic acids is 2. The number of unbranched alkanes of at least 4 members (excludes halogenated alkanes) is 3. The van der Waals surface area contributed by atoms with Crippen LogP contribution in [-0.2, 0) is 20.7 Å². The first-order chi connectivity index (χ1) is 19.9. The second-order valence-corrected chi connectivity index (χ2v) is 11.6. The molecule has 0 unspecified atom stereocenters. The molecule has 3 N–H and O–H groups in total. The van der Waals surface area contributed by atoms with Crippen LogP contribution in [0.25, 0.3) is 11.1 Å². The van der Waals surface area contributed by atoms with Gasteiger partial charge in [0.25, 0.3) is 0 Å². The van der Waals surface area contributed by atoms with Gasteiger partial charge in [0.15, 0.2) is 0 Å². The SMILES string of the molecule is O=C(CCCCCc1ccc(I)cc1)N[C@@H](CCCCNC(=O)OCC1c2ccccc2-c2ccccc21)C(=O)O. The Morgan fingerprint density at radius 1 is 0.829 bits per heavy atom. The molecule has 3 aromatic rings. The van der Waals surface area contributed by atoms with Crippen molar-refractivity contribution >= 4 is 40.6 Å². The number of carbonyl (C=O) groups is 3. The van der Waals surface area contributed by atoms with E-state index >= 15 is 0 Å². The molecule has 0 saturated carbocycles. The van der Waals surface area contributed by atoms with E-state index < -0.39 is 18.1 Å². The third-order valence-electron chi connectivity index (χ3n) is 7.45. The van der Waals surface area contributed by atoms with Crippen molar-refractivity contribution in [2.75, 3.05) is 13.2 Å². The Morgan fingerprint density at radius 2 is 1.49 bits per heavy atom. The average Bonchev–Trinajstić information content (AvgIpc) is 3.29. The lowest BCUT2D eigenvalue weighted by Gasteiger charge is -2.15. The number of halogens is 1. The van der Waals surface area contributed by atoms with Crippen LogP contribution in [0.2, 0.25) is 0 Å². The van der Waals surface area contributed by atoms with Crippen molar-refractivity contribution in [1.29, 1.82) is 0 Å². The third-order valence-corrected chi connectivity index (χ3v) is 8.17. The van der Waals surface area contributed by atoms with E-state index in [0.717, 1.165) is 36.8 Å². The number of amides is 2. The number of alkyl carbamates (subject to hydrolysis) is 1. The maximum atomic E-state index is 12.3. The third kappa shape index (κ3) is 9.05. The summed E-state index contributed by atoms with van der Waals surface area (Å²) in [6, 6.07) is 23.9. The van der Waals surface area contributed by atoms with Gasteiger partial charge in [-0.15, -0.1) is 0 Å². The van der Waals surface area contributed by atoms with Crippen molar-refractivity contribution < 1.29 is 24.2 Å². The van der Waals surface area contributed by atoms with Crippen LogP contribution < -0.4 is 10.6 Å². The largest absolute Gasteiger partial charge is 0.480 e. The number of ether oxygens (including phenoxy) is 1. The lowest BCUT2D eigenvalue weighted by molar-refractivity contribution is -0.142. The Balaban J connectivity index is 1.09. The molecule has 41 heavy (non-hydrogen) atoms. The second kappa shape index (κ2) is 15.6. The van der Waals surface area contributed by atoms with Crippen molar-refractivity contribution in [3.05, 3.63) is 93.1 Å². The number of aryl methyl sites for hydroxylation is 1. The summed E-state index contributed by atoms with van der Waals surface area (Å²) in [5, 5.41) is 14.9. The molecule has 4 rings (SSSR count). The summed E-state index contributed by atoms with van der Waals surface area (Å²) in [5.41, 5.74) is 5.95. The number of hydrogen-bond donors (Lipinski definition) is 3. The quantitative estimate of drug-likeness (QED) is 0.124. The molecular formula is C33H37IN2O5. The van der Waals surface area contributed by atoms with Crippen LogP contribution in [0.5, 0.6) is 0 Å². The van der Waals surface area contributed by atoms with E-state index in [4.69, 9.17) is 4.74 Å². The Hall–Kier alpha value is -3.40. The minimum atomic E-state index is -1.04. The Kier molecular flexibility index (Phi) is 11.6. The Bertz CT molecular complexity index is 1280. The van der Waals surface area contributed by atoms with Gasteiger partial charge in [-0.2, -0.15) is 0 Å². The first-order valence-electron chi connectivity index (χ1n) is 14.3. The van der Waals surface area contributed by atoms with E-state index in [0.29, 0.717) is 32.2 Å². The number of fused-ring (bicyclic) bond motifs is 3. The molecule has 1 aliphatic rings. The molecule has 8 heteroatoms. The molecule has 0 fully saturated rings. The highest BCUT2D eigenvalue weighted by molar-refractivity contribution is 14.1. The van der Waals surface area contributed by atoms with Crippen LogP contribution in [-0.4, -0.2) is 42.3 Å². The summed E-state index contributed by atoms with van der Waals surface area (Å²) < 4.78 is 6.75. The first-order valence-corrected chi connectivity index (χ1v) is 15.4. The van der Waals surface area contributed by atoms with Crippen molar-refractivity contribution in [3.63, 3.8) is 0 Å². The number of rotatable bonds is 15.